The topological polar surface area (TPSA) is 101 Å². The molecule has 1 aliphatic carbocycles. The van der Waals surface area contributed by atoms with Gasteiger partial charge in [0.1, 0.15) is 11.8 Å². The van der Waals surface area contributed by atoms with Crippen LogP contribution in [0.4, 0.5) is 0 Å². The minimum absolute atomic E-state index is 0.0887. The summed E-state index contributed by atoms with van der Waals surface area (Å²) >= 11 is 3.25. The van der Waals surface area contributed by atoms with E-state index in [2.05, 4.69) is 21.2 Å². The summed E-state index contributed by atoms with van der Waals surface area (Å²) in [4.78, 5) is 22.8. The van der Waals surface area contributed by atoms with Crippen molar-refractivity contribution in [1.82, 2.24) is 5.32 Å². The fourth-order valence-electron chi connectivity index (χ4n) is 2.16. The highest BCUT2D eigenvalue weighted by Crippen LogP contribution is 2.32. The first-order chi connectivity index (χ1) is 10.3. The number of carbonyl (C=O) groups excluding carboxylic acids is 1. The van der Waals surface area contributed by atoms with Gasteiger partial charge in [-0.15, -0.1) is 0 Å². The average Bonchev–Trinajstić information content (AvgIpc) is 3.18. The summed E-state index contributed by atoms with van der Waals surface area (Å²) in [6.45, 7) is 0. The molecule has 1 fully saturated rings. The van der Waals surface area contributed by atoms with E-state index in [9.17, 15) is 18.0 Å². The number of carbonyl (C=O) groups is 2. The number of amides is 1. The highest BCUT2D eigenvalue weighted by Gasteiger charge is 2.37. The number of carboxylic acid groups (broad SMARTS) is 1. The van der Waals surface area contributed by atoms with E-state index < -0.39 is 33.5 Å². The van der Waals surface area contributed by atoms with E-state index in [1.807, 2.05) is 0 Å². The molecule has 1 saturated carbocycles. The first-order valence-electron chi connectivity index (χ1n) is 6.74. The predicted octanol–water partition coefficient (Wildman–Crippen LogP) is 1.34. The average molecular weight is 390 g/mol. The fourth-order valence-corrected chi connectivity index (χ4v) is 3.88. The number of carboxylic acids is 1. The lowest BCUT2D eigenvalue weighted by Crippen LogP contribution is -2.44. The minimum atomic E-state index is -3.65. The summed E-state index contributed by atoms with van der Waals surface area (Å²) in [5.41, 5.74) is 0.569. The SMILES string of the molecule is O=C(CS(=O)(=O)Cc1cccc(Br)c1)NC(C(=O)O)C1CC1. The van der Waals surface area contributed by atoms with Gasteiger partial charge in [0.15, 0.2) is 9.84 Å². The van der Waals surface area contributed by atoms with Gasteiger partial charge < -0.3 is 10.4 Å². The van der Waals surface area contributed by atoms with E-state index in [4.69, 9.17) is 5.11 Å². The molecule has 0 radical (unpaired) electrons. The van der Waals surface area contributed by atoms with Gasteiger partial charge in [0.2, 0.25) is 5.91 Å². The van der Waals surface area contributed by atoms with Crippen LogP contribution in [0.25, 0.3) is 0 Å². The van der Waals surface area contributed by atoms with Crippen LogP contribution in [0.2, 0.25) is 0 Å². The molecule has 1 aromatic rings. The number of hydrogen-bond acceptors (Lipinski definition) is 4. The van der Waals surface area contributed by atoms with Crippen molar-refractivity contribution < 1.29 is 23.1 Å². The van der Waals surface area contributed by atoms with Crippen molar-refractivity contribution in [2.45, 2.75) is 24.6 Å². The Morgan fingerprint density at radius 2 is 2.05 bits per heavy atom. The number of nitrogens with one attached hydrogen (secondary N) is 1. The van der Waals surface area contributed by atoms with E-state index in [-0.39, 0.29) is 11.7 Å². The Morgan fingerprint density at radius 3 is 2.59 bits per heavy atom. The summed E-state index contributed by atoms with van der Waals surface area (Å²) < 4.78 is 24.8. The van der Waals surface area contributed by atoms with Gasteiger partial charge in [-0.05, 0) is 36.5 Å². The van der Waals surface area contributed by atoms with Crippen molar-refractivity contribution in [2.75, 3.05) is 5.75 Å². The Kier molecular flexibility index (Phi) is 5.23. The number of rotatable bonds is 7. The second-order valence-electron chi connectivity index (χ2n) is 5.38. The molecule has 8 heteroatoms. The molecule has 0 saturated heterocycles. The third-order valence-corrected chi connectivity index (χ3v) is 5.27. The molecule has 0 aromatic heterocycles. The smallest absolute Gasteiger partial charge is 0.326 e. The second-order valence-corrected chi connectivity index (χ2v) is 8.36. The first-order valence-corrected chi connectivity index (χ1v) is 9.35. The molecule has 1 unspecified atom stereocenters. The summed E-state index contributed by atoms with van der Waals surface area (Å²) in [5.74, 6) is -2.96. The maximum absolute atomic E-state index is 12.0. The molecule has 0 aliphatic heterocycles. The van der Waals surface area contributed by atoms with Crippen molar-refractivity contribution in [1.29, 1.82) is 0 Å². The molecule has 6 nitrogen and oxygen atoms in total. The van der Waals surface area contributed by atoms with Crippen molar-refractivity contribution in [2.24, 2.45) is 5.92 Å². The van der Waals surface area contributed by atoms with E-state index in [0.29, 0.717) is 5.56 Å². The number of aliphatic carboxylic acids is 1. The molecule has 1 amide bonds. The summed E-state index contributed by atoms with van der Waals surface area (Å²) in [6.07, 6.45) is 1.48. The molecule has 0 spiro atoms. The van der Waals surface area contributed by atoms with Gasteiger partial charge in [-0.1, -0.05) is 28.1 Å². The van der Waals surface area contributed by atoms with Crippen LogP contribution in [0.3, 0.4) is 0 Å². The molecule has 0 bridgehead atoms. The zero-order chi connectivity index (χ0) is 16.3. The van der Waals surface area contributed by atoms with Crippen molar-refractivity contribution in [3.63, 3.8) is 0 Å². The van der Waals surface area contributed by atoms with Gasteiger partial charge in [-0.25, -0.2) is 13.2 Å². The standard InChI is InChI=1S/C14H16BrNO5S/c15-11-3-1-2-9(6-11)7-22(20,21)8-12(17)16-13(14(18)19)10-4-5-10/h1-3,6,10,13H,4-5,7-8H2,(H,16,17)(H,18,19). The van der Waals surface area contributed by atoms with Gasteiger partial charge in [0, 0.05) is 4.47 Å². The Hall–Kier alpha value is -1.41. The summed E-state index contributed by atoms with van der Waals surface area (Å²) in [6, 6.07) is 5.82. The molecule has 1 aromatic carbocycles. The maximum Gasteiger partial charge on any atom is 0.326 e. The molecule has 120 valence electrons. The maximum atomic E-state index is 12.0. The van der Waals surface area contributed by atoms with Crippen molar-refractivity contribution >= 4 is 37.6 Å². The second kappa shape index (κ2) is 6.78. The van der Waals surface area contributed by atoms with Gasteiger partial charge in [0.05, 0.1) is 5.75 Å². The molecule has 1 atom stereocenters. The van der Waals surface area contributed by atoms with Crippen LogP contribution in [0.1, 0.15) is 18.4 Å². The van der Waals surface area contributed by atoms with E-state index in [1.165, 1.54) is 0 Å². The molecule has 1 aliphatic rings. The normalized spacial score (nSPS) is 16.0. The molecule has 0 heterocycles. The fraction of sp³-hybridized carbons (Fsp3) is 0.429. The Balaban J connectivity index is 1.96. The van der Waals surface area contributed by atoms with Crippen LogP contribution in [-0.4, -0.2) is 37.2 Å². The van der Waals surface area contributed by atoms with Gasteiger partial charge in [0.25, 0.3) is 0 Å². The highest BCUT2D eigenvalue weighted by molar-refractivity contribution is 9.10. The molecule has 2 N–H and O–H groups in total. The molecule has 2 rings (SSSR count). The van der Waals surface area contributed by atoms with Crippen molar-refractivity contribution in [3.05, 3.63) is 34.3 Å². The lowest BCUT2D eigenvalue weighted by Gasteiger charge is -2.13. The van der Waals surface area contributed by atoms with Crippen LogP contribution in [0.15, 0.2) is 28.7 Å². The largest absolute Gasteiger partial charge is 0.480 e. The van der Waals surface area contributed by atoms with E-state index >= 15 is 0 Å². The van der Waals surface area contributed by atoms with Gasteiger partial charge >= 0.3 is 5.97 Å². The molecular formula is C14H16BrNO5S. The molecular weight excluding hydrogens is 374 g/mol. The summed E-state index contributed by atoms with van der Waals surface area (Å²) in [5, 5.41) is 11.3. The minimum Gasteiger partial charge on any atom is -0.480 e. The first kappa shape index (κ1) is 17.0. The van der Waals surface area contributed by atoms with Crippen LogP contribution in [0.5, 0.6) is 0 Å². The Bertz CT molecular complexity index is 684. The Morgan fingerprint density at radius 1 is 1.36 bits per heavy atom. The Labute approximate surface area is 137 Å². The summed E-state index contributed by atoms with van der Waals surface area (Å²) in [7, 11) is -3.65. The van der Waals surface area contributed by atoms with Gasteiger partial charge in [-0.3, -0.25) is 4.79 Å². The van der Waals surface area contributed by atoms with Crippen LogP contribution in [-0.2, 0) is 25.2 Å². The van der Waals surface area contributed by atoms with Crippen LogP contribution in [0, 0.1) is 5.92 Å². The zero-order valence-corrected chi connectivity index (χ0v) is 14.1. The van der Waals surface area contributed by atoms with Crippen molar-refractivity contribution in [3.8, 4) is 0 Å². The quantitative estimate of drug-likeness (QED) is 0.732. The number of halogens is 1. The predicted molar refractivity (Wildman–Crippen MR) is 83.9 cm³/mol. The van der Waals surface area contributed by atoms with E-state index in [0.717, 1.165) is 17.3 Å². The lowest BCUT2D eigenvalue weighted by molar-refractivity contribution is -0.142. The van der Waals surface area contributed by atoms with Crippen LogP contribution < -0.4 is 5.32 Å². The van der Waals surface area contributed by atoms with Gasteiger partial charge in [-0.2, -0.15) is 0 Å². The molecule has 22 heavy (non-hydrogen) atoms. The monoisotopic (exact) mass is 389 g/mol. The third kappa shape index (κ3) is 5.10. The third-order valence-electron chi connectivity index (χ3n) is 3.30. The zero-order valence-electron chi connectivity index (χ0n) is 11.7. The number of hydrogen-bond donors (Lipinski definition) is 2. The lowest BCUT2D eigenvalue weighted by atomic mass is 10.2. The van der Waals surface area contributed by atoms with Crippen LogP contribution >= 0.6 is 15.9 Å². The highest BCUT2D eigenvalue weighted by atomic mass is 79.9. The van der Waals surface area contributed by atoms with E-state index in [1.54, 1.807) is 24.3 Å². The number of sulfone groups is 1. The number of benzene rings is 1.